The minimum absolute atomic E-state index is 0.0457. The van der Waals surface area contributed by atoms with Crippen LogP contribution in [-0.2, 0) is 91.2 Å². The van der Waals surface area contributed by atoms with Gasteiger partial charge in [0.2, 0.25) is 82.7 Å². The zero-order valence-corrected chi connectivity index (χ0v) is 73.3. The van der Waals surface area contributed by atoms with Crippen LogP contribution in [0.4, 0.5) is 0 Å². The van der Waals surface area contributed by atoms with Gasteiger partial charge in [0.25, 0.3) is 0 Å². The maximum absolute atomic E-state index is 15.7. The summed E-state index contributed by atoms with van der Waals surface area (Å²) >= 11 is 0. The van der Waals surface area contributed by atoms with E-state index in [0.29, 0.717) is 42.6 Å². The summed E-state index contributed by atoms with van der Waals surface area (Å²) in [6, 6.07) is 9.63. The lowest BCUT2D eigenvalue weighted by molar-refractivity contribution is -0.150. The second kappa shape index (κ2) is 46.4. The number of nitrogens with zero attached hydrogens (tertiary/aromatic N) is 7. The first-order valence-corrected chi connectivity index (χ1v) is 42.5. The standard InChI is InChI=1S/C89H134N14O16/c1-19-57(10)64(84(114)102-40-30-23-31-41-102)50-74(105)65(47-61-33-24-20-25-34-61)93-79(109)66-51-75(106)90-58(11)78(108)96-77(60(13)104)89(119)97(14)52-76(107)92-67(43-53(2)3)86(116)103-42-32-39-69(103)87(117)99(16)72(46-56(8)9)82(112)95-68(48-62-35-26-21-27-36-62)85(115)101(18)73(49-63-37-28-22-29-38-63)88(118)100(17)70(44-54(4)5)80(110)91-59(12)83(113)98(15)71(45-55(6)7)81(111)94-66/h20-22,24-29,33-38,53-60,64-73,77,104H,19,23,30-32,39-52H2,1-18H3,(H,90,106)(H,91,110)(H,92,107)(H,93,109)(H,94,111)(H,95,112)(H,96,108)/t57-,58-,59-,60+,64-,65-,66-,67-,68-,69-,70-,71-,72-,73-,77-/m0/s1. The minimum Gasteiger partial charge on any atom is -0.391 e. The molecule has 3 fully saturated rings. The Kier molecular flexibility index (Phi) is 38.1. The van der Waals surface area contributed by atoms with E-state index in [4.69, 9.17) is 0 Å². The van der Waals surface area contributed by atoms with Gasteiger partial charge in [-0.05, 0) is 131 Å². The van der Waals surface area contributed by atoms with Crippen LogP contribution in [0.5, 0.6) is 0 Å². The van der Waals surface area contributed by atoms with Crippen molar-refractivity contribution in [2.24, 2.45) is 35.5 Å². The number of ketones is 1. The lowest BCUT2D eigenvalue weighted by Crippen LogP contribution is -2.61. The average molecular weight is 1660 g/mol. The van der Waals surface area contributed by atoms with E-state index in [1.807, 2.05) is 55.4 Å². The smallest absolute Gasteiger partial charge is 0.248 e. The third-order valence-corrected chi connectivity index (χ3v) is 22.9. The van der Waals surface area contributed by atoms with Crippen LogP contribution in [-0.4, -0.2) is 268 Å². The fraction of sp³-hybridized carbons (Fsp3) is 0.629. The van der Waals surface area contributed by atoms with Crippen LogP contribution in [0, 0.1) is 35.5 Å². The third kappa shape index (κ3) is 28.5. The van der Waals surface area contributed by atoms with Gasteiger partial charge >= 0.3 is 0 Å². The van der Waals surface area contributed by atoms with Crippen LogP contribution in [0.2, 0.25) is 0 Å². The maximum atomic E-state index is 15.7. The van der Waals surface area contributed by atoms with Gasteiger partial charge in [0.05, 0.1) is 25.1 Å². The van der Waals surface area contributed by atoms with Gasteiger partial charge < -0.3 is 76.6 Å². The number of piperidine rings is 1. The quantitative estimate of drug-likeness (QED) is 0.0647. The van der Waals surface area contributed by atoms with E-state index in [1.165, 1.54) is 75.6 Å². The van der Waals surface area contributed by atoms with E-state index in [0.717, 1.165) is 29.1 Å². The van der Waals surface area contributed by atoms with Crippen LogP contribution in [0.25, 0.3) is 0 Å². The molecule has 15 atom stereocenters. The zero-order valence-electron chi connectivity index (χ0n) is 73.3. The monoisotopic (exact) mass is 1660 g/mol. The van der Waals surface area contributed by atoms with E-state index in [2.05, 4.69) is 37.2 Å². The first-order chi connectivity index (χ1) is 56.1. The van der Waals surface area contributed by atoms with Gasteiger partial charge in [0.1, 0.15) is 66.5 Å². The SMILES string of the molecule is CC[C@H](C)[C@H](CC(=O)[C@H](Cc1ccccc1)NC(=O)[C@@H]1CC(=O)N[C@@H](C)C(=O)N[C@@H]([C@@H](C)O)C(=O)N(C)CC(=O)N[C@@H](CC(C)C)C(=O)N2CCC[C@H]2C(=O)N(C)[C@@H](CC(C)C)C(=O)N[C@@H](Cc2ccccc2)C(=O)N(C)[C@@H](Cc2ccccc2)C(=O)N(C)[C@@H](CC(C)C)C(=O)N[C@@H](C)C(=O)N(C)[C@@H](CC(C)C)C(=O)N1)C(=O)N1CCCCC1. The number of likely N-dealkylation sites (tertiary alicyclic amines) is 1. The fourth-order valence-electron chi connectivity index (χ4n) is 15.8. The Morgan fingerprint density at radius 2 is 0.958 bits per heavy atom. The highest BCUT2D eigenvalue weighted by molar-refractivity contribution is 6.02. The summed E-state index contributed by atoms with van der Waals surface area (Å²) in [6.07, 6.45) is 0.845. The molecule has 3 aliphatic heterocycles. The number of carbonyl (C=O) groups is 15. The highest BCUT2D eigenvalue weighted by Crippen LogP contribution is 2.29. The van der Waals surface area contributed by atoms with Gasteiger partial charge in [-0.3, -0.25) is 71.9 Å². The van der Waals surface area contributed by atoms with Gasteiger partial charge in [-0.15, -0.1) is 0 Å². The number of hydrogen-bond donors (Lipinski definition) is 8. The molecule has 3 saturated heterocycles. The summed E-state index contributed by atoms with van der Waals surface area (Å²) in [4.78, 5) is 234. The van der Waals surface area contributed by atoms with Crippen LogP contribution >= 0.6 is 0 Å². The highest BCUT2D eigenvalue weighted by Gasteiger charge is 2.46. The molecule has 14 amide bonds. The average Bonchev–Trinajstić information content (AvgIpc) is 1.78. The van der Waals surface area contributed by atoms with Crippen molar-refractivity contribution in [3.8, 4) is 0 Å². The van der Waals surface area contributed by atoms with E-state index in [9.17, 15) is 33.9 Å². The van der Waals surface area contributed by atoms with Crippen molar-refractivity contribution in [3.05, 3.63) is 108 Å². The Hall–Kier alpha value is -10.1. The Labute approximate surface area is 703 Å². The molecule has 3 heterocycles. The molecule has 8 N–H and O–H groups in total. The molecule has 0 spiro atoms. The molecule has 0 aromatic heterocycles. The summed E-state index contributed by atoms with van der Waals surface area (Å²) in [5.74, 6) is -13.4. The van der Waals surface area contributed by atoms with Crippen molar-refractivity contribution < 1.29 is 77.0 Å². The second-order valence-corrected chi connectivity index (χ2v) is 34.6. The van der Waals surface area contributed by atoms with Crippen molar-refractivity contribution in [1.82, 2.24) is 71.5 Å². The molecule has 6 rings (SSSR count). The fourth-order valence-corrected chi connectivity index (χ4v) is 15.8. The van der Waals surface area contributed by atoms with E-state index >= 15 is 43.2 Å². The molecule has 30 heteroatoms. The van der Waals surface area contributed by atoms with Crippen LogP contribution in [0.1, 0.15) is 184 Å². The normalized spacial score (nSPS) is 24.9. The molecule has 0 unspecified atom stereocenters. The van der Waals surface area contributed by atoms with E-state index < -0.39 is 180 Å². The van der Waals surface area contributed by atoms with Crippen LogP contribution < -0.4 is 37.2 Å². The molecular weight excluding hydrogens is 1520 g/mol. The Balaban J connectivity index is 1.46. The molecule has 0 radical (unpaired) electrons. The van der Waals surface area contributed by atoms with Gasteiger partial charge in [0, 0.05) is 80.1 Å². The zero-order chi connectivity index (χ0) is 88.4. The summed E-state index contributed by atoms with van der Waals surface area (Å²) < 4.78 is 0. The number of nitrogens with one attached hydrogen (secondary N) is 7. The number of likely N-dealkylation sites (N-methyl/N-ethyl adjacent to an activating group) is 5. The predicted octanol–water partition coefficient (Wildman–Crippen LogP) is 4.51. The molecule has 0 bridgehead atoms. The topological polar surface area (TPSA) is 383 Å². The summed E-state index contributed by atoms with van der Waals surface area (Å²) in [5, 5.41) is 30.1. The minimum atomic E-state index is -1.87. The molecule has 0 saturated carbocycles. The molecular formula is C89H134N14O16. The van der Waals surface area contributed by atoms with Gasteiger partial charge in [-0.2, -0.15) is 0 Å². The number of fused-ring (bicyclic) bond motifs is 1. The highest BCUT2D eigenvalue weighted by atomic mass is 16.3. The first-order valence-electron chi connectivity index (χ1n) is 42.5. The number of carbonyl (C=O) groups excluding carboxylic acids is 15. The Bertz CT molecular complexity index is 3950. The van der Waals surface area contributed by atoms with Crippen molar-refractivity contribution >= 4 is 88.5 Å². The molecule has 119 heavy (non-hydrogen) atoms. The molecule has 3 aromatic carbocycles. The number of Topliss-reactive ketones (excluding diaryl/α,β-unsaturated/α-hetero) is 1. The lowest BCUT2D eigenvalue weighted by Gasteiger charge is -2.38. The molecule has 656 valence electrons. The number of rotatable bonds is 23. The first kappa shape index (κ1) is 97.7. The van der Waals surface area contributed by atoms with E-state index in [-0.39, 0.29) is 99.8 Å². The van der Waals surface area contributed by atoms with Gasteiger partial charge in [-0.25, -0.2) is 0 Å². The van der Waals surface area contributed by atoms with E-state index in [1.54, 1.807) is 110 Å². The third-order valence-electron chi connectivity index (χ3n) is 22.9. The van der Waals surface area contributed by atoms with Crippen molar-refractivity contribution in [1.29, 1.82) is 0 Å². The predicted molar refractivity (Wildman–Crippen MR) is 451 cm³/mol. The van der Waals surface area contributed by atoms with Gasteiger partial charge in [-0.1, -0.05) is 167 Å². The number of aliphatic hydroxyl groups is 1. The van der Waals surface area contributed by atoms with Gasteiger partial charge in [0.15, 0.2) is 5.78 Å². The molecule has 3 aromatic rings. The maximum Gasteiger partial charge on any atom is 0.248 e. The largest absolute Gasteiger partial charge is 0.391 e. The molecule has 0 aliphatic carbocycles. The summed E-state index contributed by atoms with van der Waals surface area (Å²) in [6.45, 7) is 22.8. The number of benzene rings is 3. The van der Waals surface area contributed by atoms with Crippen molar-refractivity contribution in [2.75, 3.05) is 61.4 Å². The second-order valence-electron chi connectivity index (χ2n) is 34.6. The Morgan fingerprint density at radius 1 is 0.471 bits per heavy atom. The summed E-state index contributed by atoms with van der Waals surface area (Å²) in [5.41, 5.74) is 1.90. The van der Waals surface area contributed by atoms with Crippen molar-refractivity contribution in [2.45, 2.75) is 265 Å². The van der Waals surface area contributed by atoms with Crippen LogP contribution in [0.15, 0.2) is 91.0 Å². The van der Waals surface area contributed by atoms with Crippen LogP contribution in [0.3, 0.4) is 0 Å². The number of aliphatic hydroxyl groups excluding tert-OH is 1. The number of amides is 14. The lowest BCUT2D eigenvalue weighted by atomic mass is 9.83. The summed E-state index contributed by atoms with van der Waals surface area (Å²) in [7, 11) is 6.89. The molecule has 3 aliphatic rings. The van der Waals surface area contributed by atoms with Crippen molar-refractivity contribution in [3.63, 3.8) is 0 Å². The number of hydrogen-bond acceptors (Lipinski definition) is 16. The molecule has 30 nitrogen and oxygen atoms in total. The Morgan fingerprint density at radius 3 is 1.48 bits per heavy atom.